The molecule has 0 atom stereocenters. The minimum absolute atomic E-state index is 0.0422. The van der Waals surface area contributed by atoms with E-state index >= 15 is 0 Å². The van der Waals surface area contributed by atoms with Crippen LogP contribution in [0.2, 0.25) is 0 Å². The topological polar surface area (TPSA) is 50.9 Å². The molecule has 0 aliphatic carbocycles. The van der Waals surface area contributed by atoms with Gasteiger partial charge < -0.3 is 9.67 Å². The zero-order chi connectivity index (χ0) is 14.0. The summed E-state index contributed by atoms with van der Waals surface area (Å²) in [6, 6.07) is 8.25. The summed E-state index contributed by atoms with van der Waals surface area (Å²) in [6.45, 7) is 9.25. The molecule has 0 radical (unpaired) electrons. The van der Waals surface area contributed by atoms with Crippen molar-refractivity contribution in [2.45, 2.75) is 46.3 Å². The van der Waals surface area contributed by atoms with E-state index < -0.39 is 0 Å². The molecule has 2 rings (SSSR count). The van der Waals surface area contributed by atoms with Crippen LogP contribution in [-0.2, 0) is 18.6 Å². The number of hydrogen-bond donors (Lipinski definition) is 1. The first-order chi connectivity index (χ1) is 8.99. The van der Waals surface area contributed by atoms with Gasteiger partial charge >= 0.3 is 0 Å². The van der Waals surface area contributed by atoms with Crippen LogP contribution in [0.1, 0.15) is 39.1 Å². The van der Waals surface area contributed by atoms with E-state index in [-0.39, 0.29) is 12.0 Å². The minimum atomic E-state index is -0.0848. The molecule has 4 heteroatoms. The lowest BCUT2D eigenvalue weighted by Gasteiger charge is -2.22. The maximum Gasteiger partial charge on any atom is 0.164 e. The van der Waals surface area contributed by atoms with Crippen molar-refractivity contribution in [3.05, 3.63) is 35.7 Å². The highest BCUT2D eigenvalue weighted by atomic mass is 16.3. The standard InChI is InChI=1S/C15H21N3O/c1-5-18-13(10-19)16-17-14(18)11-8-6-7-9-12(11)15(2,3)4/h6-9,19H,5,10H2,1-4H3. The number of nitrogens with zero attached hydrogens (tertiary/aromatic N) is 3. The van der Waals surface area contributed by atoms with Crippen LogP contribution in [-0.4, -0.2) is 19.9 Å². The van der Waals surface area contributed by atoms with Gasteiger partial charge in [-0.05, 0) is 17.9 Å². The highest BCUT2D eigenvalue weighted by molar-refractivity contribution is 5.62. The SMILES string of the molecule is CCn1c(CO)nnc1-c1ccccc1C(C)(C)C. The molecule has 1 aromatic carbocycles. The Hall–Kier alpha value is -1.68. The Labute approximate surface area is 114 Å². The lowest BCUT2D eigenvalue weighted by Crippen LogP contribution is -2.14. The first-order valence-electron chi connectivity index (χ1n) is 6.61. The normalized spacial score (nSPS) is 11.8. The molecule has 0 fully saturated rings. The molecule has 1 N–H and O–H groups in total. The van der Waals surface area contributed by atoms with Crippen molar-refractivity contribution < 1.29 is 5.11 Å². The van der Waals surface area contributed by atoms with Gasteiger partial charge in [-0.15, -0.1) is 10.2 Å². The molecule has 0 unspecified atom stereocenters. The Morgan fingerprint density at radius 2 is 1.84 bits per heavy atom. The van der Waals surface area contributed by atoms with Gasteiger partial charge in [0.1, 0.15) is 6.61 Å². The van der Waals surface area contributed by atoms with E-state index in [4.69, 9.17) is 0 Å². The van der Waals surface area contributed by atoms with Crippen LogP contribution in [0, 0.1) is 0 Å². The van der Waals surface area contributed by atoms with Crippen LogP contribution in [0.4, 0.5) is 0 Å². The fourth-order valence-electron chi connectivity index (χ4n) is 2.32. The van der Waals surface area contributed by atoms with Crippen molar-refractivity contribution in [2.75, 3.05) is 0 Å². The lowest BCUT2D eigenvalue weighted by molar-refractivity contribution is 0.265. The van der Waals surface area contributed by atoms with E-state index in [0.717, 1.165) is 17.9 Å². The Balaban J connectivity index is 2.63. The fraction of sp³-hybridized carbons (Fsp3) is 0.467. The Kier molecular flexibility index (Phi) is 3.71. The van der Waals surface area contributed by atoms with E-state index in [1.54, 1.807) is 0 Å². The summed E-state index contributed by atoms with van der Waals surface area (Å²) < 4.78 is 1.96. The molecule has 0 bridgehead atoms. The number of rotatable bonds is 3. The average Bonchev–Trinajstić information content (AvgIpc) is 2.80. The molecular weight excluding hydrogens is 238 g/mol. The zero-order valence-corrected chi connectivity index (χ0v) is 12.0. The van der Waals surface area contributed by atoms with E-state index in [2.05, 4.69) is 43.1 Å². The van der Waals surface area contributed by atoms with Gasteiger partial charge in [-0.25, -0.2) is 0 Å². The van der Waals surface area contributed by atoms with Gasteiger partial charge in [-0.2, -0.15) is 0 Å². The van der Waals surface area contributed by atoms with Gasteiger partial charge in [0.2, 0.25) is 0 Å². The Morgan fingerprint density at radius 1 is 1.16 bits per heavy atom. The molecular formula is C15H21N3O. The van der Waals surface area contributed by atoms with Crippen molar-refractivity contribution in [2.24, 2.45) is 0 Å². The summed E-state index contributed by atoms with van der Waals surface area (Å²) in [6.07, 6.45) is 0. The minimum Gasteiger partial charge on any atom is -0.388 e. The van der Waals surface area contributed by atoms with Crippen molar-refractivity contribution in [3.63, 3.8) is 0 Å². The van der Waals surface area contributed by atoms with Crippen LogP contribution in [0.15, 0.2) is 24.3 Å². The van der Waals surface area contributed by atoms with E-state index in [1.165, 1.54) is 5.56 Å². The highest BCUT2D eigenvalue weighted by Crippen LogP contribution is 2.32. The van der Waals surface area contributed by atoms with Gasteiger partial charge in [0.15, 0.2) is 11.6 Å². The number of benzene rings is 1. The maximum atomic E-state index is 9.32. The predicted molar refractivity (Wildman–Crippen MR) is 75.8 cm³/mol. The molecule has 0 spiro atoms. The van der Waals surface area contributed by atoms with E-state index in [1.807, 2.05) is 23.6 Å². The third kappa shape index (κ3) is 2.54. The molecule has 4 nitrogen and oxygen atoms in total. The molecule has 0 amide bonds. The molecule has 0 saturated heterocycles. The first-order valence-corrected chi connectivity index (χ1v) is 6.61. The molecule has 0 aliphatic rings. The fourth-order valence-corrected chi connectivity index (χ4v) is 2.32. The van der Waals surface area contributed by atoms with Crippen LogP contribution in [0.5, 0.6) is 0 Å². The molecule has 0 saturated carbocycles. The van der Waals surface area contributed by atoms with Crippen molar-refractivity contribution in [3.8, 4) is 11.4 Å². The van der Waals surface area contributed by atoms with Crippen LogP contribution in [0.25, 0.3) is 11.4 Å². The number of aromatic nitrogens is 3. The van der Waals surface area contributed by atoms with E-state index in [9.17, 15) is 5.11 Å². The summed E-state index contributed by atoms with van der Waals surface area (Å²) in [5, 5.41) is 17.6. The summed E-state index contributed by atoms with van der Waals surface area (Å²) in [5.41, 5.74) is 2.37. The maximum absolute atomic E-state index is 9.32. The smallest absolute Gasteiger partial charge is 0.164 e. The Bertz CT molecular complexity index is 567. The summed E-state index contributed by atoms with van der Waals surface area (Å²) in [4.78, 5) is 0. The van der Waals surface area contributed by atoms with Crippen LogP contribution < -0.4 is 0 Å². The average molecular weight is 259 g/mol. The second-order valence-corrected chi connectivity index (χ2v) is 5.64. The number of aliphatic hydroxyl groups is 1. The summed E-state index contributed by atoms with van der Waals surface area (Å²) >= 11 is 0. The first kappa shape index (κ1) is 13.7. The summed E-state index contributed by atoms with van der Waals surface area (Å²) in [7, 11) is 0. The van der Waals surface area contributed by atoms with Crippen molar-refractivity contribution >= 4 is 0 Å². The third-order valence-corrected chi connectivity index (χ3v) is 3.26. The highest BCUT2D eigenvalue weighted by Gasteiger charge is 2.21. The molecule has 1 heterocycles. The molecule has 102 valence electrons. The second-order valence-electron chi connectivity index (χ2n) is 5.64. The number of hydrogen-bond acceptors (Lipinski definition) is 3. The van der Waals surface area contributed by atoms with Gasteiger partial charge in [0.05, 0.1) is 0 Å². The molecule has 0 aliphatic heterocycles. The van der Waals surface area contributed by atoms with Crippen LogP contribution in [0.3, 0.4) is 0 Å². The molecule has 2 aromatic rings. The van der Waals surface area contributed by atoms with E-state index in [0.29, 0.717) is 5.82 Å². The second kappa shape index (κ2) is 5.13. The van der Waals surface area contributed by atoms with Crippen LogP contribution >= 0.6 is 0 Å². The zero-order valence-electron chi connectivity index (χ0n) is 12.0. The third-order valence-electron chi connectivity index (χ3n) is 3.26. The number of aliphatic hydroxyl groups excluding tert-OH is 1. The lowest BCUT2D eigenvalue weighted by atomic mass is 9.83. The van der Waals surface area contributed by atoms with Gasteiger partial charge in [0, 0.05) is 12.1 Å². The largest absolute Gasteiger partial charge is 0.388 e. The molecule has 1 aromatic heterocycles. The molecule has 19 heavy (non-hydrogen) atoms. The van der Waals surface area contributed by atoms with Gasteiger partial charge in [0.25, 0.3) is 0 Å². The Morgan fingerprint density at radius 3 is 2.42 bits per heavy atom. The monoisotopic (exact) mass is 259 g/mol. The van der Waals surface area contributed by atoms with Crippen molar-refractivity contribution in [1.82, 2.24) is 14.8 Å². The van der Waals surface area contributed by atoms with Gasteiger partial charge in [-0.3, -0.25) is 0 Å². The summed E-state index contributed by atoms with van der Waals surface area (Å²) in [5.74, 6) is 1.44. The quantitative estimate of drug-likeness (QED) is 0.922. The van der Waals surface area contributed by atoms with Gasteiger partial charge in [-0.1, -0.05) is 45.0 Å². The predicted octanol–water partition coefficient (Wildman–Crippen LogP) is 2.75. The van der Waals surface area contributed by atoms with Crippen molar-refractivity contribution in [1.29, 1.82) is 0 Å².